The second-order valence-electron chi connectivity index (χ2n) is 3.88. The molecule has 0 aliphatic rings. The zero-order valence-electron chi connectivity index (χ0n) is 10.5. The second kappa shape index (κ2) is 7.63. The average Bonchev–Trinajstić information content (AvgIpc) is 2.33. The third-order valence-corrected chi connectivity index (χ3v) is 2.99. The Morgan fingerprint density at radius 2 is 2.06 bits per heavy atom. The van der Waals surface area contributed by atoms with Crippen LogP contribution in [-0.4, -0.2) is 24.7 Å². The summed E-state index contributed by atoms with van der Waals surface area (Å²) in [5.74, 6) is 6.26. The number of anilines is 2. The molecule has 1 atom stereocenters. The van der Waals surface area contributed by atoms with Crippen molar-refractivity contribution in [2.24, 2.45) is 5.84 Å². The van der Waals surface area contributed by atoms with Gasteiger partial charge < -0.3 is 15.5 Å². The van der Waals surface area contributed by atoms with E-state index < -0.39 is 0 Å². The number of ether oxygens (including phenoxy) is 1. The van der Waals surface area contributed by atoms with Crippen molar-refractivity contribution < 1.29 is 4.74 Å². The molecule has 0 aliphatic heterocycles. The Morgan fingerprint density at radius 3 is 2.61 bits per heavy atom. The van der Waals surface area contributed by atoms with Crippen LogP contribution in [-0.2, 0) is 4.74 Å². The summed E-state index contributed by atoms with van der Waals surface area (Å²) in [4.78, 5) is 4.23. The van der Waals surface area contributed by atoms with Gasteiger partial charge in [-0.05, 0) is 12.5 Å². The molecule has 1 aromatic heterocycles. The van der Waals surface area contributed by atoms with Crippen LogP contribution < -0.4 is 16.6 Å². The van der Waals surface area contributed by atoms with E-state index in [1.807, 2.05) is 0 Å². The van der Waals surface area contributed by atoms with E-state index in [1.165, 1.54) is 0 Å². The van der Waals surface area contributed by atoms with Crippen LogP contribution in [0.25, 0.3) is 0 Å². The number of halogens is 2. The van der Waals surface area contributed by atoms with Crippen molar-refractivity contribution in [1.82, 2.24) is 4.98 Å². The van der Waals surface area contributed by atoms with Crippen LogP contribution >= 0.6 is 23.2 Å². The van der Waals surface area contributed by atoms with Gasteiger partial charge in [-0.15, -0.1) is 0 Å². The van der Waals surface area contributed by atoms with Gasteiger partial charge in [0.1, 0.15) is 5.82 Å². The molecule has 1 unspecified atom stereocenters. The van der Waals surface area contributed by atoms with Crippen LogP contribution in [0.15, 0.2) is 6.07 Å². The van der Waals surface area contributed by atoms with Gasteiger partial charge >= 0.3 is 0 Å². The topological polar surface area (TPSA) is 72.2 Å². The van der Waals surface area contributed by atoms with Crippen molar-refractivity contribution >= 4 is 34.8 Å². The zero-order valence-corrected chi connectivity index (χ0v) is 12.0. The van der Waals surface area contributed by atoms with E-state index in [1.54, 1.807) is 13.2 Å². The molecule has 0 fully saturated rings. The Balaban J connectivity index is 2.87. The molecule has 5 nitrogen and oxygen atoms in total. The van der Waals surface area contributed by atoms with Gasteiger partial charge in [-0.25, -0.2) is 10.8 Å². The Morgan fingerprint density at radius 1 is 1.39 bits per heavy atom. The Bertz CT molecular complexity index is 384. The molecule has 0 spiro atoms. The summed E-state index contributed by atoms with van der Waals surface area (Å²) in [6.45, 7) is 2.69. The maximum Gasteiger partial charge on any atom is 0.161 e. The number of nitrogens with zero attached hydrogens (tertiary/aromatic N) is 1. The molecule has 1 aromatic rings. The van der Waals surface area contributed by atoms with Crippen LogP contribution in [0.2, 0.25) is 10.0 Å². The number of pyridine rings is 1. The number of methoxy groups -OCH3 is 1. The van der Waals surface area contributed by atoms with E-state index in [-0.39, 0.29) is 6.04 Å². The smallest absolute Gasteiger partial charge is 0.161 e. The summed E-state index contributed by atoms with van der Waals surface area (Å²) in [6.07, 6.45) is 1.99. The Labute approximate surface area is 117 Å². The highest BCUT2D eigenvalue weighted by Gasteiger charge is 2.13. The lowest BCUT2D eigenvalue weighted by Crippen LogP contribution is -2.25. The Hall–Kier alpha value is -0.750. The van der Waals surface area contributed by atoms with Gasteiger partial charge in [0.15, 0.2) is 5.82 Å². The number of rotatable bonds is 7. The van der Waals surface area contributed by atoms with Crippen LogP contribution in [0.1, 0.15) is 19.8 Å². The lowest BCUT2D eigenvalue weighted by Gasteiger charge is -2.19. The summed E-state index contributed by atoms with van der Waals surface area (Å²) in [5, 5.41) is 4.06. The molecule has 1 heterocycles. The molecule has 1 rings (SSSR count). The van der Waals surface area contributed by atoms with Crippen molar-refractivity contribution in [3.05, 3.63) is 16.1 Å². The summed E-state index contributed by atoms with van der Waals surface area (Å²) in [5.41, 5.74) is 2.43. The largest absolute Gasteiger partial charge is 0.383 e. The normalized spacial score (nSPS) is 12.3. The van der Waals surface area contributed by atoms with Gasteiger partial charge in [-0.2, -0.15) is 0 Å². The minimum atomic E-state index is 0.150. The van der Waals surface area contributed by atoms with E-state index in [4.69, 9.17) is 33.8 Å². The first-order chi connectivity index (χ1) is 8.62. The quantitative estimate of drug-likeness (QED) is 0.532. The number of hydrogen-bond acceptors (Lipinski definition) is 5. The maximum absolute atomic E-state index is 6.08. The van der Waals surface area contributed by atoms with Crippen molar-refractivity contribution in [1.29, 1.82) is 0 Å². The SMILES string of the molecule is CCCC(COC)Nc1nc(NN)c(Cl)cc1Cl. The van der Waals surface area contributed by atoms with E-state index in [2.05, 4.69) is 22.7 Å². The highest BCUT2D eigenvalue weighted by molar-refractivity contribution is 6.37. The van der Waals surface area contributed by atoms with Gasteiger partial charge in [0.05, 0.1) is 22.7 Å². The molecule has 0 saturated carbocycles. The fourth-order valence-electron chi connectivity index (χ4n) is 1.61. The van der Waals surface area contributed by atoms with Crippen LogP contribution in [0, 0.1) is 0 Å². The monoisotopic (exact) mass is 292 g/mol. The highest BCUT2D eigenvalue weighted by atomic mass is 35.5. The molecule has 0 radical (unpaired) electrons. The summed E-state index contributed by atoms with van der Waals surface area (Å²) in [7, 11) is 1.66. The van der Waals surface area contributed by atoms with Crippen LogP contribution in [0.3, 0.4) is 0 Å². The molecular weight excluding hydrogens is 275 g/mol. The molecule has 0 aromatic carbocycles. The van der Waals surface area contributed by atoms with Crippen molar-refractivity contribution in [2.45, 2.75) is 25.8 Å². The van der Waals surface area contributed by atoms with E-state index in [0.717, 1.165) is 12.8 Å². The predicted molar refractivity (Wildman–Crippen MR) is 76.3 cm³/mol. The first kappa shape index (κ1) is 15.3. The third kappa shape index (κ3) is 4.17. The lowest BCUT2D eigenvalue weighted by molar-refractivity contribution is 0.182. The number of nitrogens with two attached hydrogens (primary N) is 1. The predicted octanol–water partition coefficient (Wildman–Crippen LogP) is 2.90. The zero-order chi connectivity index (χ0) is 13.5. The van der Waals surface area contributed by atoms with Gasteiger partial charge in [0, 0.05) is 7.11 Å². The van der Waals surface area contributed by atoms with Crippen LogP contribution in [0.5, 0.6) is 0 Å². The molecule has 0 aliphatic carbocycles. The van der Waals surface area contributed by atoms with Crippen LogP contribution in [0.4, 0.5) is 11.6 Å². The summed E-state index contributed by atoms with van der Waals surface area (Å²) < 4.78 is 5.15. The first-order valence-corrected chi connectivity index (χ1v) is 6.46. The second-order valence-corrected chi connectivity index (χ2v) is 4.69. The molecular formula is C11H18Cl2N4O. The minimum absolute atomic E-state index is 0.150. The molecule has 102 valence electrons. The number of nitrogen functional groups attached to an aromatic ring is 1. The molecule has 4 N–H and O–H groups in total. The van der Waals surface area contributed by atoms with Gasteiger partial charge in [0.2, 0.25) is 0 Å². The molecule has 0 amide bonds. The minimum Gasteiger partial charge on any atom is -0.383 e. The third-order valence-electron chi connectivity index (χ3n) is 2.41. The van der Waals surface area contributed by atoms with E-state index in [9.17, 15) is 0 Å². The van der Waals surface area contributed by atoms with Crippen molar-refractivity contribution in [2.75, 3.05) is 24.5 Å². The number of hydrogen-bond donors (Lipinski definition) is 3. The van der Waals surface area contributed by atoms with Crippen molar-refractivity contribution in [3.63, 3.8) is 0 Å². The number of aromatic nitrogens is 1. The summed E-state index contributed by atoms with van der Waals surface area (Å²) >= 11 is 12.0. The molecule has 0 saturated heterocycles. The fraction of sp³-hybridized carbons (Fsp3) is 0.545. The van der Waals surface area contributed by atoms with E-state index >= 15 is 0 Å². The maximum atomic E-state index is 6.08. The van der Waals surface area contributed by atoms with Gasteiger partial charge in [-0.1, -0.05) is 36.5 Å². The molecule has 18 heavy (non-hydrogen) atoms. The molecule has 0 bridgehead atoms. The average molecular weight is 293 g/mol. The fourth-order valence-corrected chi connectivity index (χ4v) is 2.08. The van der Waals surface area contributed by atoms with Crippen molar-refractivity contribution in [3.8, 4) is 0 Å². The summed E-state index contributed by atoms with van der Waals surface area (Å²) in [6, 6.07) is 1.75. The molecule has 7 heteroatoms. The number of nitrogens with one attached hydrogen (secondary N) is 2. The Kier molecular flexibility index (Phi) is 6.49. The first-order valence-electron chi connectivity index (χ1n) is 5.70. The standard InChI is InChI=1S/C11H18Cl2N4O/c1-3-4-7(6-18-2)15-10-8(12)5-9(13)11(16-10)17-14/h5,7H,3-4,6,14H2,1-2H3,(H2,15,16,17). The van der Waals surface area contributed by atoms with Gasteiger partial charge in [-0.3, -0.25) is 0 Å². The van der Waals surface area contributed by atoms with E-state index in [0.29, 0.717) is 28.3 Å². The van der Waals surface area contributed by atoms with Gasteiger partial charge in [0.25, 0.3) is 0 Å². The highest BCUT2D eigenvalue weighted by Crippen LogP contribution is 2.29. The number of hydrazine groups is 1. The lowest BCUT2D eigenvalue weighted by atomic mass is 10.2.